The van der Waals surface area contributed by atoms with Crippen molar-refractivity contribution in [3.63, 3.8) is 0 Å². The van der Waals surface area contributed by atoms with E-state index in [4.69, 9.17) is 33.2 Å². The minimum absolute atomic E-state index is 0.0567. The first kappa shape index (κ1) is 42.9. The largest absolute Gasteiger partial charge is 0.497 e. The van der Waals surface area contributed by atoms with E-state index in [1.165, 1.54) is 0 Å². The number of benzene rings is 3. The van der Waals surface area contributed by atoms with E-state index in [0.717, 1.165) is 16.7 Å². The average Bonchev–Trinajstić information content (AvgIpc) is 3.94. The van der Waals surface area contributed by atoms with Crippen LogP contribution in [0.4, 0.5) is 5.95 Å². The zero-order valence-electron chi connectivity index (χ0n) is 35.3. The Morgan fingerprint density at radius 2 is 1.62 bits per heavy atom. The van der Waals surface area contributed by atoms with Crippen molar-refractivity contribution in [1.29, 1.82) is 5.26 Å². The molecule has 16 heteroatoms. The van der Waals surface area contributed by atoms with Gasteiger partial charge < -0.3 is 33.1 Å². The molecule has 2 saturated heterocycles. The number of rotatable bonds is 18. The summed E-state index contributed by atoms with van der Waals surface area (Å²) in [5.41, 5.74) is -0.00588. The third-order valence-electron chi connectivity index (χ3n) is 10.8. The fourth-order valence-electron chi connectivity index (χ4n) is 8.23. The summed E-state index contributed by atoms with van der Waals surface area (Å²) in [7, 11) is 5.44. The topological polar surface area (TPSA) is 162 Å². The van der Waals surface area contributed by atoms with Gasteiger partial charge >= 0.3 is 0 Å². The van der Waals surface area contributed by atoms with Crippen LogP contribution in [0.3, 0.4) is 0 Å². The Hall–Kier alpha value is -5.20. The summed E-state index contributed by atoms with van der Waals surface area (Å²) < 4.78 is 43.9. The summed E-state index contributed by atoms with van der Waals surface area (Å²) >= 11 is 0. The van der Waals surface area contributed by atoms with E-state index < -0.39 is 43.1 Å². The lowest BCUT2D eigenvalue weighted by Gasteiger charge is -2.44. The van der Waals surface area contributed by atoms with Crippen molar-refractivity contribution in [1.82, 2.24) is 29.1 Å². The number of aromatic amines is 1. The van der Waals surface area contributed by atoms with Crippen molar-refractivity contribution in [2.24, 2.45) is 4.99 Å². The molecule has 0 amide bonds. The molecule has 1 unspecified atom stereocenters. The second kappa shape index (κ2) is 18.2. The highest BCUT2D eigenvalue weighted by Gasteiger charge is 2.67. The molecule has 2 fully saturated rings. The molecule has 7 rings (SSSR count). The Morgan fingerprint density at radius 3 is 2.18 bits per heavy atom. The van der Waals surface area contributed by atoms with E-state index in [9.17, 15) is 10.1 Å². The monoisotopic (exact) mass is 836 g/mol. The van der Waals surface area contributed by atoms with E-state index >= 15 is 0 Å². The van der Waals surface area contributed by atoms with Gasteiger partial charge in [-0.25, -0.2) is 9.98 Å². The standard InChI is InChI=1S/C44H53N8O7P/c1-29(2)52(30(3)4)60(58-24-12-23-45)38-37-41(51-28-46-36-39(51)48-42(49-40(36)53)47-27-50(5)6)59-43(38,25-56-37)26-57-44(31-13-10-9-11-14-31,32-15-19-34(54-7)20-16-32)33-17-21-35(55-8)22-18-33/h9-11,13-22,27-30,37-38,41H,12,24-26H2,1-8H3,(H,48,49,53)/t37-,38+,41-,43-,60?/m1/s1. The fraction of sp³-hybridized carbons (Fsp3) is 0.432. The van der Waals surface area contributed by atoms with Crippen LogP contribution in [-0.4, -0.2) is 113 Å². The minimum atomic E-state index is -1.51. The number of H-pyrrole nitrogens is 1. The van der Waals surface area contributed by atoms with Crippen molar-refractivity contribution in [3.8, 4) is 17.6 Å². The molecule has 0 saturated carbocycles. The van der Waals surface area contributed by atoms with E-state index in [2.05, 4.69) is 65.5 Å². The van der Waals surface area contributed by atoms with E-state index in [0.29, 0.717) is 17.1 Å². The number of nitrogens with zero attached hydrogens (tertiary/aromatic N) is 7. The molecule has 0 aliphatic carbocycles. The molecule has 15 nitrogen and oxygen atoms in total. The van der Waals surface area contributed by atoms with E-state index in [1.807, 2.05) is 80.8 Å². The second-order valence-corrected chi connectivity index (χ2v) is 17.5. The number of nitrogens with one attached hydrogen (secondary N) is 1. The van der Waals surface area contributed by atoms with Crippen LogP contribution in [0.1, 0.15) is 57.0 Å². The highest BCUT2D eigenvalue weighted by molar-refractivity contribution is 7.51. The maximum Gasteiger partial charge on any atom is 0.280 e. The summed E-state index contributed by atoms with van der Waals surface area (Å²) in [4.78, 5) is 31.4. The molecule has 2 aliphatic heterocycles. The van der Waals surface area contributed by atoms with Crippen LogP contribution < -0.4 is 15.0 Å². The summed E-state index contributed by atoms with van der Waals surface area (Å²) in [6.45, 7) is 9.06. The second-order valence-electron chi connectivity index (χ2n) is 15.6. The highest BCUT2D eigenvalue weighted by atomic mass is 31.2. The Bertz CT molecular complexity index is 2290. The lowest BCUT2D eigenvalue weighted by molar-refractivity contribution is -0.198. The lowest BCUT2D eigenvalue weighted by atomic mass is 9.79. The van der Waals surface area contributed by atoms with Crippen molar-refractivity contribution >= 4 is 31.8 Å². The van der Waals surface area contributed by atoms with Gasteiger partial charge in [-0.15, -0.1) is 0 Å². The number of hydrogen-bond donors (Lipinski definition) is 1. The number of nitriles is 1. The molecular formula is C44H53N8O7P. The Kier molecular flexibility index (Phi) is 13.0. The number of imidazole rings is 1. The van der Waals surface area contributed by atoms with E-state index in [1.54, 1.807) is 36.4 Å². The molecule has 2 bridgehead atoms. The highest BCUT2D eigenvalue weighted by Crippen LogP contribution is 2.63. The van der Waals surface area contributed by atoms with Gasteiger partial charge in [0.05, 0.1) is 64.9 Å². The van der Waals surface area contributed by atoms with Crippen LogP contribution in [0, 0.1) is 11.3 Å². The van der Waals surface area contributed by atoms with Gasteiger partial charge in [0, 0.05) is 26.2 Å². The maximum atomic E-state index is 13.3. The summed E-state index contributed by atoms with van der Waals surface area (Å²) in [5, 5.41) is 9.63. The Morgan fingerprint density at radius 1 is 1.00 bits per heavy atom. The summed E-state index contributed by atoms with van der Waals surface area (Å²) in [5.74, 6) is 1.55. The zero-order valence-corrected chi connectivity index (χ0v) is 36.2. The SMILES string of the molecule is COc1ccc(C(OC[C@@]23CO[C@@H]([C@H](n4cnc5c(=O)[nH]c(N=CN(C)C)nc54)O2)[C@@H]3P(OCCC#N)N(C(C)C)C(C)C)(c2ccccc2)c2ccc(OC)cc2)cc1. The summed E-state index contributed by atoms with van der Waals surface area (Å²) in [6.07, 6.45) is 1.98. The summed E-state index contributed by atoms with van der Waals surface area (Å²) in [6, 6.07) is 28.3. The van der Waals surface area contributed by atoms with Gasteiger partial charge in [-0.1, -0.05) is 54.6 Å². The van der Waals surface area contributed by atoms with E-state index in [-0.39, 0.29) is 49.8 Å². The van der Waals surface area contributed by atoms with Crippen LogP contribution in [0.25, 0.3) is 11.2 Å². The molecule has 3 aromatic carbocycles. The molecule has 4 heterocycles. The third kappa shape index (κ3) is 8.16. The first-order valence-corrected chi connectivity index (χ1v) is 21.3. The molecule has 2 aliphatic rings. The Labute approximate surface area is 351 Å². The quantitative estimate of drug-likeness (QED) is 0.0325. The van der Waals surface area contributed by atoms with Gasteiger partial charge in [0.1, 0.15) is 37.1 Å². The first-order valence-electron chi connectivity index (χ1n) is 20.0. The molecule has 5 aromatic rings. The van der Waals surface area contributed by atoms with Crippen LogP contribution in [0.5, 0.6) is 11.5 Å². The van der Waals surface area contributed by atoms with Crippen LogP contribution in [0.15, 0.2) is 95.0 Å². The van der Waals surface area contributed by atoms with Gasteiger partial charge in [0.15, 0.2) is 17.4 Å². The fourth-order valence-corrected chi connectivity index (χ4v) is 11.1. The Balaban J connectivity index is 1.41. The predicted octanol–water partition coefficient (Wildman–Crippen LogP) is 6.76. The predicted molar refractivity (Wildman–Crippen MR) is 230 cm³/mol. The van der Waals surface area contributed by atoms with Crippen molar-refractivity contribution in [2.75, 3.05) is 48.1 Å². The van der Waals surface area contributed by atoms with Crippen molar-refractivity contribution in [2.45, 2.75) is 75.4 Å². The molecule has 1 N–H and O–H groups in total. The average molecular weight is 837 g/mol. The molecule has 0 spiro atoms. The molecule has 0 radical (unpaired) electrons. The number of aliphatic imine (C=N–C) groups is 1. The number of hydrogen-bond acceptors (Lipinski definition) is 12. The van der Waals surface area contributed by atoms with Gasteiger partial charge in [-0.05, 0) is 68.7 Å². The maximum absolute atomic E-state index is 13.3. The van der Waals surface area contributed by atoms with Crippen molar-refractivity contribution in [3.05, 3.63) is 112 Å². The van der Waals surface area contributed by atoms with Crippen molar-refractivity contribution < 1.29 is 28.2 Å². The van der Waals surface area contributed by atoms with Gasteiger partial charge in [0.2, 0.25) is 5.95 Å². The van der Waals surface area contributed by atoms with Gasteiger partial charge in [0.25, 0.3) is 5.56 Å². The molecule has 60 heavy (non-hydrogen) atoms. The smallest absolute Gasteiger partial charge is 0.280 e. The van der Waals surface area contributed by atoms with Crippen LogP contribution in [0.2, 0.25) is 0 Å². The van der Waals surface area contributed by atoms with Gasteiger partial charge in [-0.3, -0.25) is 19.0 Å². The molecule has 5 atom stereocenters. The molecular weight excluding hydrogens is 784 g/mol. The van der Waals surface area contributed by atoms with Crippen LogP contribution >= 0.6 is 8.30 Å². The normalized spacial score (nSPS) is 20.7. The zero-order chi connectivity index (χ0) is 42.6. The molecule has 316 valence electrons. The van der Waals surface area contributed by atoms with Gasteiger partial charge in [-0.2, -0.15) is 10.2 Å². The lowest BCUT2D eigenvalue weighted by Crippen LogP contribution is -2.50. The minimum Gasteiger partial charge on any atom is -0.497 e. The number of aromatic nitrogens is 4. The number of methoxy groups -OCH3 is 2. The molecule has 2 aromatic heterocycles. The number of ether oxygens (including phenoxy) is 5. The first-order chi connectivity index (χ1) is 29.0. The van der Waals surface area contributed by atoms with Crippen LogP contribution in [-0.2, 0) is 24.3 Å². The third-order valence-corrected chi connectivity index (χ3v) is 13.8. The number of fused-ring (bicyclic) bond motifs is 3.